The first-order valence-electron chi connectivity index (χ1n) is 6.44. The van der Waals surface area contributed by atoms with Crippen LogP contribution in [0.2, 0.25) is 0 Å². The molecule has 0 aliphatic heterocycles. The van der Waals surface area contributed by atoms with Crippen molar-refractivity contribution >= 4 is 23.1 Å². The maximum atomic E-state index is 6.20. The van der Waals surface area contributed by atoms with Gasteiger partial charge in [-0.2, -0.15) is 0 Å². The molecule has 1 aromatic carbocycles. The summed E-state index contributed by atoms with van der Waals surface area (Å²) in [7, 11) is 0. The average Bonchev–Trinajstić information content (AvgIpc) is 2.96. The third-order valence-corrected chi connectivity index (χ3v) is 4.93. The molecule has 0 saturated heterocycles. The van der Waals surface area contributed by atoms with E-state index in [1.54, 1.807) is 11.3 Å². The van der Waals surface area contributed by atoms with Gasteiger partial charge in [0.25, 0.3) is 0 Å². The first-order chi connectivity index (χ1) is 9.29. The zero-order valence-electron chi connectivity index (χ0n) is 11.0. The van der Waals surface area contributed by atoms with E-state index in [4.69, 9.17) is 10.5 Å². The van der Waals surface area contributed by atoms with Crippen molar-refractivity contribution in [1.82, 2.24) is 0 Å². The van der Waals surface area contributed by atoms with Crippen LogP contribution in [0, 0.1) is 0 Å². The Balaban J connectivity index is 1.86. The third kappa shape index (κ3) is 4.56. The van der Waals surface area contributed by atoms with Gasteiger partial charge in [0.2, 0.25) is 0 Å². The highest BCUT2D eigenvalue weighted by atomic mass is 32.2. The van der Waals surface area contributed by atoms with Gasteiger partial charge >= 0.3 is 0 Å². The number of benzene rings is 1. The van der Waals surface area contributed by atoms with Crippen molar-refractivity contribution in [2.24, 2.45) is 5.73 Å². The summed E-state index contributed by atoms with van der Waals surface area (Å²) in [6.45, 7) is 2.87. The summed E-state index contributed by atoms with van der Waals surface area (Å²) in [5, 5.41) is 2.09. The number of hydrogen-bond donors (Lipinski definition) is 1. The molecule has 2 aromatic rings. The van der Waals surface area contributed by atoms with E-state index >= 15 is 0 Å². The number of hydrogen-bond acceptors (Lipinski definition) is 4. The molecule has 0 saturated carbocycles. The van der Waals surface area contributed by atoms with Crippen molar-refractivity contribution in [3.05, 3.63) is 47.3 Å². The summed E-state index contributed by atoms with van der Waals surface area (Å²) in [5.41, 5.74) is 7.36. The Bertz CT molecular complexity index is 467. The fourth-order valence-corrected chi connectivity index (χ4v) is 3.45. The van der Waals surface area contributed by atoms with Gasteiger partial charge < -0.3 is 10.5 Å². The molecule has 2 N–H and O–H groups in total. The second-order valence-corrected chi connectivity index (χ2v) is 6.54. The predicted octanol–water partition coefficient (Wildman–Crippen LogP) is 4.33. The van der Waals surface area contributed by atoms with Crippen LogP contribution in [0.15, 0.2) is 46.0 Å². The molecule has 2 nitrogen and oxygen atoms in total. The number of nitrogens with two attached hydrogens (primary N) is 1. The van der Waals surface area contributed by atoms with Gasteiger partial charge in [-0.05, 0) is 35.6 Å². The lowest BCUT2D eigenvalue weighted by Gasteiger charge is -2.12. The first-order valence-corrected chi connectivity index (χ1v) is 8.30. The molecule has 1 unspecified atom stereocenters. The van der Waals surface area contributed by atoms with Gasteiger partial charge in [-0.3, -0.25) is 0 Å². The Hall–Kier alpha value is -0.970. The molecule has 2 rings (SSSR count). The summed E-state index contributed by atoms with van der Waals surface area (Å²) < 4.78 is 6.88. The summed E-state index contributed by atoms with van der Waals surface area (Å²) >= 11 is 3.57. The molecule has 0 radical (unpaired) electrons. The maximum Gasteiger partial charge on any atom is 0.119 e. The molecule has 0 spiro atoms. The molecule has 0 bridgehead atoms. The highest BCUT2D eigenvalue weighted by Gasteiger charge is 2.07. The van der Waals surface area contributed by atoms with E-state index in [1.165, 1.54) is 4.21 Å². The maximum absolute atomic E-state index is 6.20. The highest BCUT2D eigenvalue weighted by molar-refractivity contribution is 8.01. The van der Waals surface area contributed by atoms with Crippen molar-refractivity contribution in [2.45, 2.75) is 23.6 Å². The van der Waals surface area contributed by atoms with E-state index in [0.29, 0.717) is 0 Å². The summed E-state index contributed by atoms with van der Waals surface area (Å²) in [4.78, 5) is 0. The fraction of sp³-hybridized carbons (Fsp3) is 0.333. The van der Waals surface area contributed by atoms with Crippen LogP contribution in [-0.4, -0.2) is 12.4 Å². The Morgan fingerprint density at radius 3 is 2.68 bits per heavy atom. The second kappa shape index (κ2) is 7.58. The topological polar surface area (TPSA) is 35.2 Å². The van der Waals surface area contributed by atoms with Gasteiger partial charge in [0, 0.05) is 11.8 Å². The minimum atomic E-state index is 0.0623. The minimum absolute atomic E-state index is 0.0623. The molecule has 0 amide bonds. The van der Waals surface area contributed by atoms with E-state index < -0.39 is 0 Å². The Morgan fingerprint density at radius 2 is 2.05 bits per heavy atom. The van der Waals surface area contributed by atoms with Crippen LogP contribution in [0.4, 0.5) is 0 Å². The molecule has 1 atom stereocenters. The Labute approximate surface area is 123 Å². The molecular weight excluding hydrogens is 274 g/mol. The third-order valence-electron chi connectivity index (χ3n) is 2.68. The van der Waals surface area contributed by atoms with Crippen molar-refractivity contribution in [2.75, 3.05) is 12.4 Å². The van der Waals surface area contributed by atoms with E-state index in [2.05, 4.69) is 36.6 Å². The van der Waals surface area contributed by atoms with Gasteiger partial charge in [0.05, 0.1) is 10.8 Å². The monoisotopic (exact) mass is 293 g/mol. The molecule has 1 aromatic heterocycles. The largest absolute Gasteiger partial charge is 0.494 e. The second-order valence-electron chi connectivity index (χ2n) is 4.27. The van der Waals surface area contributed by atoms with Crippen molar-refractivity contribution in [1.29, 1.82) is 0 Å². The van der Waals surface area contributed by atoms with Crippen LogP contribution < -0.4 is 10.5 Å². The lowest BCUT2D eigenvalue weighted by Crippen LogP contribution is -2.12. The van der Waals surface area contributed by atoms with Gasteiger partial charge in [-0.15, -0.1) is 23.1 Å². The predicted molar refractivity (Wildman–Crippen MR) is 84.2 cm³/mol. The van der Waals surface area contributed by atoms with Crippen LogP contribution in [0.5, 0.6) is 5.75 Å². The van der Waals surface area contributed by atoms with Crippen LogP contribution in [0.3, 0.4) is 0 Å². The molecule has 102 valence electrons. The zero-order chi connectivity index (χ0) is 13.5. The first kappa shape index (κ1) is 14.4. The number of rotatable bonds is 7. The fourth-order valence-electron chi connectivity index (χ4n) is 1.64. The zero-order valence-corrected chi connectivity index (χ0v) is 12.7. The Kier molecular flexibility index (Phi) is 5.76. The summed E-state index contributed by atoms with van der Waals surface area (Å²) in [5.74, 6) is 1.82. The van der Waals surface area contributed by atoms with E-state index in [1.807, 2.05) is 23.9 Å². The van der Waals surface area contributed by atoms with E-state index in [9.17, 15) is 0 Å². The smallest absolute Gasteiger partial charge is 0.119 e. The van der Waals surface area contributed by atoms with Crippen molar-refractivity contribution < 1.29 is 4.74 Å². The number of ether oxygens (including phenoxy) is 1. The van der Waals surface area contributed by atoms with Crippen LogP contribution in [-0.2, 0) is 0 Å². The summed E-state index contributed by atoms with van der Waals surface area (Å²) in [6.07, 6.45) is 1.03. The molecule has 0 aliphatic carbocycles. The quantitative estimate of drug-likeness (QED) is 0.772. The van der Waals surface area contributed by atoms with Gasteiger partial charge in [0.15, 0.2) is 0 Å². The van der Waals surface area contributed by atoms with Crippen molar-refractivity contribution in [3.63, 3.8) is 0 Å². The van der Waals surface area contributed by atoms with Gasteiger partial charge in [0.1, 0.15) is 5.75 Å². The lowest BCUT2D eigenvalue weighted by atomic mass is 10.1. The minimum Gasteiger partial charge on any atom is -0.494 e. The normalized spacial score (nSPS) is 12.3. The molecule has 0 fully saturated rings. The molecule has 4 heteroatoms. The molecule has 0 aliphatic rings. The number of thiophene rings is 1. The van der Waals surface area contributed by atoms with Crippen LogP contribution >= 0.6 is 23.1 Å². The Morgan fingerprint density at radius 1 is 1.26 bits per heavy atom. The highest BCUT2D eigenvalue weighted by Crippen LogP contribution is 2.27. The standard InChI is InChI=1S/C15H19NOS2/c1-2-9-17-13-7-5-12(6-8-13)14(16)11-19-15-4-3-10-18-15/h3-8,10,14H,2,9,11,16H2,1H3. The summed E-state index contributed by atoms with van der Waals surface area (Å²) in [6, 6.07) is 12.4. The average molecular weight is 293 g/mol. The molecule has 1 heterocycles. The van der Waals surface area contributed by atoms with Crippen LogP contribution in [0.1, 0.15) is 24.9 Å². The van der Waals surface area contributed by atoms with E-state index in [0.717, 1.165) is 30.1 Å². The van der Waals surface area contributed by atoms with Crippen LogP contribution in [0.25, 0.3) is 0 Å². The lowest BCUT2D eigenvalue weighted by molar-refractivity contribution is 0.317. The molecular formula is C15H19NOS2. The molecule has 19 heavy (non-hydrogen) atoms. The van der Waals surface area contributed by atoms with Gasteiger partial charge in [-0.25, -0.2) is 0 Å². The SMILES string of the molecule is CCCOc1ccc(C(N)CSc2cccs2)cc1. The van der Waals surface area contributed by atoms with Crippen molar-refractivity contribution in [3.8, 4) is 5.75 Å². The van der Waals surface area contributed by atoms with E-state index in [-0.39, 0.29) is 6.04 Å². The number of thioether (sulfide) groups is 1. The van der Waals surface area contributed by atoms with Gasteiger partial charge in [-0.1, -0.05) is 25.1 Å².